The van der Waals surface area contributed by atoms with Gasteiger partial charge in [-0.1, -0.05) is 61.7 Å². The topological polar surface area (TPSA) is 81.7 Å². The number of amides is 2. The average Bonchev–Trinajstić information content (AvgIpc) is 2.97. The molecule has 5 unspecified atom stereocenters. The molecule has 1 saturated heterocycles. The second-order valence-electron chi connectivity index (χ2n) is 8.92. The quantitative estimate of drug-likeness (QED) is 0.386. The molecule has 2 amide bonds. The van der Waals surface area contributed by atoms with Crippen molar-refractivity contribution in [1.82, 2.24) is 5.32 Å². The van der Waals surface area contributed by atoms with Gasteiger partial charge in [0, 0.05) is 11.3 Å². The SMILES string of the molecule is CC1(C)CC2C(C=C3COC(=O)C34CC24C)C1OC(=O)NC(=O)C(Cl)(Cl)Cl. The van der Waals surface area contributed by atoms with E-state index in [1.54, 1.807) is 0 Å². The van der Waals surface area contributed by atoms with E-state index in [1.165, 1.54) is 0 Å². The zero-order chi connectivity index (χ0) is 20.0. The molecule has 27 heavy (non-hydrogen) atoms. The number of imide groups is 1. The van der Waals surface area contributed by atoms with Gasteiger partial charge in [-0.15, -0.1) is 0 Å². The van der Waals surface area contributed by atoms with Gasteiger partial charge in [0.2, 0.25) is 0 Å². The monoisotopic (exact) mass is 435 g/mol. The number of nitrogens with one attached hydrogen (secondary N) is 1. The first kappa shape index (κ1) is 19.3. The van der Waals surface area contributed by atoms with E-state index in [-0.39, 0.29) is 28.6 Å². The van der Waals surface area contributed by atoms with Gasteiger partial charge in [0.25, 0.3) is 9.70 Å². The Hall–Kier alpha value is -0.980. The van der Waals surface area contributed by atoms with Crippen molar-refractivity contribution >= 4 is 52.8 Å². The molecule has 4 aliphatic rings. The van der Waals surface area contributed by atoms with Crippen LogP contribution in [0.25, 0.3) is 0 Å². The fraction of sp³-hybridized carbons (Fsp3) is 0.722. The van der Waals surface area contributed by atoms with Crippen LogP contribution in [0.4, 0.5) is 4.79 Å². The van der Waals surface area contributed by atoms with Crippen LogP contribution in [0, 0.1) is 28.1 Å². The van der Waals surface area contributed by atoms with Gasteiger partial charge in [0.05, 0.1) is 5.41 Å². The molecule has 0 aromatic carbocycles. The highest BCUT2D eigenvalue weighted by atomic mass is 35.6. The molecular formula is C18H20Cl3NO5. The average molecular weight is 437 g/mol. The van der Waals surface area contributed by atoms with E-state index in [4.69, 9.17) is 44.3 Å². The van der Waals surface area contributed by atoms with Crippen molar-refractivity contribution in [3.05, 3.63) is 11.6 Å². The summed E-state index contributed by atoms with van der Waals surface area (Å²) in [7, 11) is 0. The number of cyclic esters (lactones) is 1. The van der Waals surface area contributed by atoms with Crippen molar-refractivity contribution in [2.45, 2.75) is 43.5 Å². The Morgan fingerprint density at radius 2 is 1.96 bits per heavy atom. The first-order valence-electron chi connectivity index (χ1n) is 8.80. The Morgan fingerprint density at radius 3 is 2.59 bits per heavy atom. The second kappa shape index (κ2) is 5.55. The lowest BCUT2D eigenvalue weighted by molar-refractivity contribution is -0.143. The summed E-state index contributed by atoms with van der Waals surface area (Å²) in [6.45, 7) is 6.45. The summed E-state index contributed by atoms with van der Waals surface area (Å²) in [5, 5.41) is 1.97. The lowest BCUT2D eigenvalue weighted by atomic mass is 9.69. The molecule has 4 rings (SSSR count). The third-order valence-electron chi connectivity index (χ3n) is 6.99. The summed E-state index contributed by atoms with van der Waals surface area (Å²) in [5.74, 6) is -1.07. The van der Waals surface area contributed by atoms with Gasteiger partial charge in [-0.2, -0.15) is 0 Å². The van der Waals surface area contributed by atoms with Gasteiger partial charge in [-0.3, -0.25) is 14.9 Å². The molecular weight excluding hydrogens is 417 g/mol. The van der Waals surface area contributed by atoms with E-state index in [2.05, 4.69) is 6.92 Å². The number of carbonyl (C=O) groups excluding carboxylic acids is 3. The smallest absolute Gasteiger partial charge is 0.414 e. The Morgan fingerprint density at radius 1 is 1.30 bits per heavy atom. The zero-order valence-corrected chi connectivity index (χ0v) is 17.4. The number of hydrogen-bond donors (Lipinski definition) is 1. The first-order valence-corrected chi connectivity index (χ1v) is 9.93. The number of fused-ring (bicyclic) bond motifs is 2. The highest BCUT2D eigenvalue weighted by Crippen LogP contribution is 2.79. The Kier molecular flexibility index (Phi) is 3.97. The van der Waals surface area contributed by atoms with Crippen molar-refractivity contribution < 1.29 is 23.9 Å². The maximum absolute atomic E-state index is 12.4. The predicted octanol–water partition coefficient (Wildman–Crippen LogP) is 3.53. The van der Waals surface area contributed by atoms with Gasteiger partial charge in [-0.25, -0.2) is 4.79 Å². The molecule has 2 saturated carbocycles. The van der Waals surface area contributed by atoms with Gasteiger partial charge >= 0.3 is 12.1 Å². The highest BCUT2D eigenvalue weighted by Gasteiger charge is 2.80. The van der Waals surface area contributed by atoms with Crippen LogP contribution in [-0.2, 0) is 19.1 Å². The molecule has 6 nitrogen and oxygen atoms in total. The minimum atomic E-state index is -2.25. The number of ether oxygens (including phenoxy) is 2. The second-order valence-corrected chi connectivity index (χ2v) is 11.2. The molecule has 0 aromatic heterocycles. The van der Waals surface area contributed by atoms with Gasteiger partial charge in [-0.05, 0) is 29.7 Å². The fourth-order valence-electron chi connectivity index (χ4n) is 5.63. The number of hydrogen-bond acceptors (Lipinski definition) is 5. The van der Waals surface area contributed by atoms with E-state index < -0.39 is 27.3 Å². The standard InChI is InChI=1S/C18H20Cl3NO5/c1-15(2)5-10-9(11(15)27-14(25)22-12(23)18(19,20)21)4-8-6-26-13(24)17(8)7-16(10,17)3/h4,9-11H,5-7H2,1-3H3,(H,22,23,25). The molecule has 3 aliphatic carbocycles. The summed E-state index contributed by atoms with van der Waals surface area (Å²) in [5.41, 5.74) is -0.0240. The van der Waals surface area contributed by atoms with Crippen LogP contribution in [0.3, 0.4) is 0 Å². The van der Waals surface area contributed by atoms with Gasteiger partial charge in [0.15, 0.2) is 0 Å². The number of alkyl halides is 3. The molecule has 3 fully saturated rings. The maximum Gasteiger partial charge on any atom is 0.414 e. The number of halogens is 3. The Labute approximate surface area is 171 Å². The van der Waals surface area contributed by atoms with Crippen molar-refractivity contribution in [2.24, 2.45) is 28.1 Å². The van der Waals surface area contributed by atoms with E-state index in [0.29, 0.717) is 6.61 Å². The van der Waals surface area contributed by atoms with Crippen LogP contribution >= 0.6 is 34.8 Å². The number of alkyl carbamates (subject to hydrolysis) is 1. The van der Waals surface area contributed by atoms with E-state index in [1.807, 2.05) is 25.2 Å². The largest absolute Gasteiger partial charge is 0.460 e. The molecule has 9 heteroatoms. The summed E-state index contributed by atoms with van der Waals surface area (Å²) in [4.78, 5) is 36.3. The van der Waals surface area contributed by atoms with Crippen LogP contribution in [0.5, 0.6) is 0 Å². The van der Waals surface area contributed by atoms with E-state index in [0.717, 1.165) is 18.4 Å². The minimum absolute atomic E-state index is 0.0567. The van der Waals surface area contributed by atoms with Crippen LogP contribution < -0.4 is 5.32 Å². The van der Waals surface area contributed by atoms with Crippen molar-refractivity contribution in [3.8, 4) is 0 Å². The molecule has 0 aromatic rings. The zero-order valence-electron chi connectivity index (χ0n) is 15.1. The van der Waals surface area contributed by atoms with Crippen LogP contribution in [0.1, 0.15) is 33.6 Å². The molecule has 1 heterocycles. The number of esters is 1. The van der Waals surface area contributed by atoms with E-state index in [9.17, 15) is 14.4 Å². The molecule has 1 spiro atoms. The predicted molar refractivity (Wildman–Crippen MR) is 98.3 cm³/mol. The summed E-state index contributed by atoms with van der Waals surface area (Å²) in [6, 6.07) is 0. The Bertz CT molecular complexity index is 788. The minimum Gasteiger partial charge on any atom is -0.460 e. The normalized spacial score (nSPS) is 40.9. The molecule has 5 atom stereocenters. The summed E-state index contributed by atoms with van der Waals surface area (Å²) in [6.07, 6.45) is 2.20. The fourth-order valence-corrected chi connectivity index (χ4v) is 5.78. The Balaban J connectivity index is 1.59. The van der Waals surface area contributed by atoms with Crippen LogP contribution in [0.2, 0.25) is 0 Å². The van der Waals surface area contributed by atoms with Crippen LogP contribution in [0.15, 0.2) is 11.6 Å². The van der Waals surface area contributed by atoms with Gasteiger partial charge < -0.3 is 9.47 Å². The third kappa shape index (κ3) is 2.56. The molecule has 1 aliphatic heterocycles. The maximum atomic E-state index is 12.4. The van der Waals surface area contributed by atoms with Crippen molar-refractivity contribution in [3.63, 3.8) is 0 Å². The molecule has 0 bridgehead atoms. The number of carbonyl (C=O) groups is 3. The molecule has 148 valence electrons. The highest BCUT2D eigenvalue weighted by molar-refractivity contribution is 6.76. The van der Waals surface area contributed by atoms with Crippen LogP contribution in [-0.4, -0.2) is 34.5 Å². The molecule has 0 radical (unpaired) electrons. The van der Waals surface area contributed by atoms with Gasteiger partial charge in [0.1, 0.15) is 12.7 Å². The number of rotatable bonds is 1. The first-order chi connectivity index (χ1) is 12.3. The van der Waals surface area contributed by atoms with Crippen molar-refractivity contribution in [2.75, 3.05) is 6.61 Å². The van der Waals surface area contributed by atoms with Crippen molar-refractivity contribution in [1.29, 1.82) is 0 Å². The summed E-state index contributed by atoms with van der Waals surface area (Å²) >= 11 is 16.5. The van der Waals surface area contributed by atoms with E-state index >= 15 is 0 Å². The lowest BCUT2D eigenvalue weighted by Crippen LogP contribution is -2.44. The molecule has 1 N–H and O–H groups in total. The lowest BCUT2D eigenvalue weighted by Gasteiger charge is -2.34. The summed E-state index contributed by atoms with van der Waals surface area (Å²) < 4.78 is 8.70. The third-order valence-corrected chi connectivity index (χ3v) is 7.50.